The van der Waals surface area contributed by atoms with Gasteiger partial charge in [-0.2, -0.15) is 0 Å². The lowest BCUT2D eigenvalue weighted by Crippen LogP contribution is -2.22. The van der Waals surface area contributed by atoms with Crippen LogP contribution in [0.4, 0.5) is 4.79 Å². The Morgan fingerprint density at radius 2 is 2.18 bits per heavy atom. The van der Waals surface area contributed by atoms with Gasteiger partial charge in [0.25, 0.3) is 0 Å². The molecule has 0 heterocycles. The van der Waals surface area contributed by atoms with Crippen LogP contribution in [0, 0.1) is 0 Å². The Kier molecular flexibility index (Phi) is 5.96. The first-order chi connectivity index (χ1) is 5.16. The molecule has 0 rings (SSSR count). The lowest BCUT2D eigenvalue weighted by atomic mass is 10.5. The Morgan fingerprint density at radius 1 is 1.55 bits per heavy atom. The zero-order valence-corrected chi connectivity index (χ0v) is 7.23. The van der Waals surface area contributed by atoms with Gasteiger partial charge < -0.3 is 4.74 Å². The van der Waals surface area contributed by atoms with Gasteiger partial charge in [-0.1, -0.05) is 0 Å². The number of rotatable bonds is 4. The Labute approximate surface area is 70.8 Å². The smallest absolute Gasteiger partial charge is 0.420 e. The number of hydrogen-bond donors (Lipinski definition) is 2. The minimum atomic E-state index is -2.92. The number of hydrogen-bond acceptors (Lipinski definition) is 4. The Bertz CT molecular complexity index is 185. The predicted molar refractivity (Wildman–Crippen MR) is 40.1 cm³/mol. The van der Waals surface area contributed by atoms with E-state index in [2.05, 4.69) is 4.74 Å². The average Bonchev–Trinajstić information content (AvgIpc) is 1.86. The molecule has 0 atom stereocenters. The minimum Gasteiger partial charge on any atom is -0.449 e. The molecule has 0 saturated carbocycles. The van der Waals surface area contributed by atoms with Gasteiger partial charge in [0.2, 0.25) is 10.9 Å². The summed E-state index contributed by atoms with van der Waals surface area (Å²) in [5.74, 6) is 0.372. The summed E-state index contributed by atoms with van der Waals surface area (Å²) in [6.07, 6.45) is -0.462. The standard InChI is InChI=1S/C4H8ClNO4S/c5-2-1-3-10-4(7)6-11(8)9/h11H,1-3H2,(H,6,7,8,9). The summed E-state index contributed by atoms with van der Waals surface area (Å²) in [4.78, 5) is 10.4. The molecule has 0 radical (unpaired) electrons. The fourth-order valence-electron chi connectivity index (χ4n) is 0.326. The van der Waals surface area contributed by atoms with Crippen molar-refractivity contribution in [3.05, 3.63) is 0 Å². The Morgan fingerprint density at radius 3 is 2.64 bits per heavy atom. The minimum absolute atomic E-state index is 0.124. The van der Waals surface area contributed by atoms with Crippen LogP contribution in [-0.4, -0.2) is 27.0 Å². The molecule has 0 aromatic rings. The second kappa shape index (κ2) is 6.23. The number of halogens is 1. The fraction of sp³-hybridized carbons (Fsp3) is 0.750. The van der Waals surface area contributed by atoms with E-state index in [1.54, 1.807) is 4.72 Å². The van der Waals surface area contributed by atoms with Gasteiger partial charge in [-0.15, -0.1) is 11.6 Å². The molecule has 0 unspecified atom stereocenters. The molecule has 66 valence electrons. The molecule has 7 heteroatoms. The van der Waals surface area contributed by atoms with Crippen LogP contribution >= 0.6 is 11.6 Å². The molecule has 1 N–H and O–H groups in total. The van der Waals surface area contributed by atoms with Crippen molar-refractivity contribution in [2.45, 2.75) is 6.42 Å². The molecule has 5 nitrogen and oxygen atoms in total. The molecule has 0 saturated heterocycles. The van der Waals surface area contributed by atoms with Gasteiger partial charge in [0.1, 0.15) is 0 Å². The van der Waals surface area contributed by atoms with Crippen LogP contribution in [0.3, 0.4) is 0 Å². The van der Waals surface area contributed by atoms with Crippen molar-refractivity contribution in [1.82, 2.24) is 4.72 Å². The number of thiol groups is 1. The van der Waals surface area contributed by atoms with Gasteiger partial charge in [0.05, 0.1) is 6.61 Å². The van der Waals surface area contributed by atoms with Gasteiger partial charge in [-0.25, -0.2) is 17.9 Å². The van der Waals surface area contributed by atoms with E-state index in [9.17, 15) is 13.2 Å². The quantitative estimate of drug-likeness (QED) is 0.378. The van der Waals surface area contributed by atoms with E-state index in [4.69, 9.17) is 11.6 Å². The molecular weight excluding hydrogens is 194 g/mol. The maximum atomic E-state index is 10.4. The van der Waals surface area contributed by atoms with Crippen molar-refractivity contribution in [3.63, 3.8) is 0 Å². The maximum Gasteiger partial charge on any atom is 0.420 e. The normalized spacial score (nSPS) is 9.64. The third-order valence-corrected chi connectivity index (χ3v) is 1.33. The first-order valence-corrected chi connectivity index (χ1v) is 4.51. The highest BCUT2D eigenvalue weighted by Crippen LogP contribution is 1.86. The van der Waals surface area contributed by atoms with Crippen molar-refractivity contribution >= 4 is 28.6 Å². The summed E-state index contributed by atoms with van der Waals surface area (Å²) in [5, 5.41) is 0. The topological polar surface area (TPSA) is 72.5 Å². The number of carbonyl (C=O) groups excluding carboxylic acids is 1. The van der Waals surface area contributed by atoms with E-state index in [-0.39, 0.29) is 6.61 Å². The monoisotopic (exact) mass is 201 g/mol. The molecule has 0 aliphatic heterocycles. The second-order valence-corrected chi connectivity index (χ2v) is 2.66. The highest BCUT2D eigenvalue weighted by molar-refractivity contribution is 7.70. The van der Waals surface area contributed by atoms with Gasteiger partial charge in [-0.3, -0.25) is 0 Å². The molecule has 0 fully saturated rings. The van der Waals surface area contributed by atoms with Gasteiger partial charge in [0, 0.05) is 5.88 Å². The van der Waals surface area contributed by atoms with Crippen molar-refractivity contribution < 1.29 is 17.9 Å². The van der Waals surface area contributed by atoms with Crippen LogP contribution in [0.15, 0.2) is 0 Å². The predicted octanol–water partition coefficient (Wildman–Crippen LogP) is -0.132. The van der Waals surface area contributed by atoms with Crippen LogP contribution in [0.1, 0.15) is 6.42 Å². The molecular formula is C4H8ClNO4S. The fourth-order valence-corrected chi connectivity index (χ4v) is 0.649. The van der Waals surface area contributed by atoms with E-state index in [1.165, 1.54) is 0 Å². The highest BCUT2D eigenvalue weighted by atomic mass is 35.5. The molecule has 0 spiro atoms. The third-order valence-electron chi connectivity index (χ3n) is 0.694. The van der Waals surface area contributed by atoms with Crippen molar-refractivity contribution in [3.8, 4) is 0 Å². The van der Waals surface area contributed by atoms with Crippen LogP contribution in [-0.2, 0) is 15.6 Å². The summed E-state index contributed by atoms with van der Waals surface area (Å²) >= 11 is 5.26. The van der Waals surface area contributed by atoms with Crippen LogP contribution < -0.4 is 4.72 Å². The summed E-state index contributed by atoms with van der Waals surface area (Å²) < 4.78 is 25.6. The van der Waals surface area contributed by atoms with Crippen molar-refractivity contribution in [1.29, 1.82) is 0 Å². The molecule has 1 amide bonds. The largest absolute Gasteiger partial charge is 0.449 e. The summed E-state index contributed by atoms with van der Waals surface area (Å²) in [5.41, 5.74) is 0. The zero-order valence-electron chi connectivity index (χ0n) is 5.58. The van der Waals surface area contributed by atoms with E-state index in [0.29, 0.717) is 12.3 Å². The van der Waals surface area contributed by atoms with Gasteiger partial charge in [-0.05, 0) is 6.42 Å². The molecule has 0 aromatic carbocycles. The molecule has 0 aromatic heterocycles. The SMILES string of the molecule is O=C(N[SH](=O)=O)OCCCCl. The number of carbonyl (C=O) groups is 1. The van der Waals surface area contributed by atoms with Gasteiger partial charge in [0.15, 0.2) is 0 Å². The van der Waals surface area contributed by atoms with Crippen LogP contribution in [0.2, 0.25) is 0 Å². The Hall–Kier alpha value is -0.490. The number of amides is 1. The zero-order chi connectivity index (χ0) is 8.69. The highest BCUT2D eigenvalue weighted by Gasteiger charge is 1.99. The first-order valence-electron chi connectivity index (χ1n) is 2.80. The number of nitrogens with one attached hydrogen (secondary N) is 1. The van der Waals surface area contributed by atoms with E-state index in [1.807, 2.05) is 0 Å². The molecule has 11 heavy (non-hydrogen) atoms. The first kappa shape index (κ1) is 10.5. The summed E-state index contributed by atoms with van der Waals surface area (Å²) in [7, 11) is -2.92. The number of alkyl halides is 1. The molecule has 0 aliphatic carbocycles. The van der Waals surface area contributed by atoms with Crippen molar-refractivity contribution in [2.75, 3.05) is 12.5 Å². The van der Waals surface area contributed by atoms with Crippen LogP contribution in [0.5, 0.6) is 0 Å². The van der Waals surface area contributed by atoms with E-state index in [0.717, 1.165) is 0 Å². The summed E-state index contributed by atoms with van der Waals surface area (Å²) in [6.45, 7) is 0.124. The van der Waals surface area contributed by atoms with Gasteiger partial charge >= 0.3 is 6.09 Å². The third kappa shape index (κ3) is 7.41. The average molecular weight is 202 g/mol. The summed E-state index contributed by atoms with van der Waals surface area (Å²) in [6, 6.07) is 0. The van der Waals surface area contributed by atoms with E-state index >= 15 is 0 Å². The number of ether oxygens (including phenoxy) is 1. The maximum absolute atomic E-state index is 10.4. The van der Waals surface area contributed by atoms with Crippen LogP contribution in [0.25, 0.3) is 0 Å². The lowest BCUT2D eigenvalue weighted by molar-refractivity contribution is 0.153. The molecule has 0 bridgehead atoms. The van der Waals surface area contributed by atoms with Crippen molar-refractivity contribution in [2.24, 2.45) is 0 Å². The second-order valence-electron chi connectivity index (χ2n) is 1.55. The van der Waals surface area contributed by atoms with E-state index < -0.39 is 17.0 Å². The Balaban J connectivity index is 3.37. The lowest BCUT2D eigenvalue weighted by Gasteiger charge is -1.99. The molecule has 0 aliphatic rings.